The fourth-order valence-corrected chi connectivity index (χ4v) is 3.07. The highest BCUT2D eigenvalue weighted by Gasteiger charge is 2.26. The van der Waals surface area contributed by atoms with Crippen LogP contribution in [0.15, 0.2) is 17.0 Å². The Morgan fingerprint density at radius 1 is 1.42 bits per heavy atom. The van der Waals surface area contributed by atoms with Crippen molar-refractivity contribution in [1.82, 2.24) is 4.31 Å². The normalized spacial score (nSPS) is 13.8. The first kappa shape index (κ1) is 15.9. The quantitative estimate of drug-likeness (QED) is 0.846. The van der Waals surface area contributed by atoms with Gasteiger partial charge in [0.25, 0.3) is 0 Å². The minimum Gasteiger partial charge on any atom is -0.398 e. The van der Waals surface area contributed by atoms with E-state index < -0.39 is 15.8 Å². The van der Waals surface area contributed by atoms with Gasteiger partial charge in [0.05, 0.1) is 0 Å². The molecule has 0 heterocycles. The summed E-state index contributed by atoms with van der Waals surface area (Å²) in [5, 5.41) is 0. The number of aryl methyl sites for hydroxylation is 1. The summed E-state index contributed by atoms with van der Waals surface area (Å²) in [5.74, 6) is -0.548. The molecule has 0 amide bonds. The molecular formula is C13H21FN2O2S. The smallest absolute Gasteiger partial charge is 0.245 e. The summed E-state index contributed by atoms with van der Waals surface area (Å²) >= 11 is 0. The van der Waals surface area contributed by atoms with Crippen molar-refractivity contribution in [3.8, 4) is 0 Å². The molecule has 0 aliphatic carbocycles. The van der Waals surface area contributed by atoms with Crippen molar-refractivity contribution in [3.63, 3.8) is 0 Å². The van der Waals surface area contributed by atoms with E-state index in [1.165, 1.54) is 17.4 Å². The van der Waals surface area contributed by atoms with E-state index in [9.17, 15) is 12.8 Å². The summed E-state index contributed by atoms with van der Waals surface area (Å²) in [4.78, 5) is -0.360. The first-order valence-electron chi connectivity index (χ1n) is 6.22. The molecule has 1 atom stereocenters. The van der Waals surface area contributed by atoms with Crippen LogP contribution >= 0.6 is 0 Å². The van der Waals surface area contributed by atoms with Crippen LogP contribution in [-0.4, -0.2) is 26.3 Å². The van der Waals surface area contributed by atoms with Gasteiger partial charge in [0.2, 0.25) is 10.0 Å². The largest absolute Gasteiger partial charge is 0.398 e. The summed E-state index contributed by atoms with van der Waals surface area (Å²) in [5.41, 5.74) is 6.47. The van der Waals surface area contributed by atoms with Crippen molar-refractivity contribution in [2.24, 2.45) is 5.92 Å². The highest BCUT2D eigenvalue weighted by atomic mass is 32.2. The lowest BCUT2D eigenvalue weighted by molar-refractivity contribution is 0.391. The van der Waals surface area contributed by atoms with E-state index in [1.807, 2.05) is 13.8 Å². The Bertz CT molecular complexity index is 558. The molecule has 0 radical (unpaired) electrons. The summed E-state index contributed by atoms with van der Waals surface area (Å²) < 4.78 is 39.6. The SMILES string of the molecule is CCC(C)CN(C)S(=O)(=O)c1cc(N)c(C)cc1F. The molecule has 0 aromatic heterocycles. The zero-order valence-electron chi connectivity index (χ0n) is 11.8. The number of nitrogens with zero attached hydrogens (tertiary/aromatic N) is 1. The van der Waals surface area contributed by atoms with Gasteiger partial charge in [0.15, 0.2) is 0 Å². The monoisotopic (exact) mass is 288 g/mol. The standard InChI is InChI=1S/C13H21FN2O2S/c1-5-9(2)8-16(4)19(17,18)13-7-12(15)10(3)6-11(13)14/h6-7,9H,5,8,15H2,1-4H3. The van der Waals surface area contributed by atoms with Crippen molar-refractivity contribution >= 4 is 15.7 Å². The van der Waals surface area contributed by atoms with E-state index in [2.05, 4.69) is 0 Å². The number of sulfonamides is 1. The first-order chi connectivity index (χ1) is 8.70. The van der Waals surface area contributed by atoms with Crippen LogP contribution in [-0.2, 0) is 10.0 Å². The van der Waals surface area contributed by atoms with Gasteiger partial charge in [-0.25, -0.2) is 17.1 Å². The van der Waals surface area contributed by atoms with Gasteiger partial charge in [0.1, 0.15) is 10.7 Å². The number of halogens is 1. The van der Waals surface area contributed by atoms with Crippen LogP contribution in [0.1, 0.15) is 25.8 Å². The molecule has 0 saturated heterocycles. The Hall–Kier alpha value is -1.14. The second-order valence-corrected chi connectivity index (χ2v) is 6.95. The molecule has 0 spiro atoms. The van der Waals surface area contributed by atoms with Crippen molar-refractivity contribution in [1.29, 1.82) is 0 Å². The summed E-state index contributed by atoms with van der Waals surface area (Å²) in [6, 6.07) is 2.34. The zero-order chi connectivity index (χ0) is 14.8. The molecule has 0 aliphatic rings. The minimum absolute atomic E-state index is 0.214. The molecule has 1 unspecified atom stereocenters. The van der Waals surface area contributed by atoms with E-state index in [-0.39, 0.29) is 16.5 Å². The molecule has 6 heteroatoms. The Labute approximate surface area is 114 Å². The molecular weight excluding hydrogens is 267 g/mol. The van der Waals surface area contributed by atoms with Crippen molar-refractivity contribution in [2.45, 2.75) is 32.1 Å². The molecule has 1 rings (SSSR count). The molecule has 4 nitrogen and oxygen atoms in total. The molecule has 19 heavy (non-hydrogen) atoms. The van der Waals surface area contributed by atoms with E-state index >= 15 is 0 Å². The molecule has 0 aliphatic heterocycles. The number of nitrogen functional groups attached to an aromatic ring is 1. The third-order valence-corrected chi connectivity index (χ3v) is 5.11. The molecule has 1 aromatic carbocycles. The summed E-state index contributed by atoms with van der Waals surface area (Å²) in [6.45, 7) is 5.92. The van der Waals surface area contributed by atoms with Gasteiger partial charge in [-0.1, -0.05) is 20.3 Å². The average molecular weight is 288 g/mol. The van der Waals surface area contributed by atoms with E-state index in [0.29, 0.717) is 12.1 Å². The fourth-order valence-electron chi connectivity index (χ4n) is 1.70. The number of hydrogen-bond acceptors (Lipinski definition) is 3. The van der Waals surface area contributed by atoms with Gasteiger partial charge >= 0.3 is 0 Å². The molecule has 108 valence electrons. The Morgan fingerprint density at radius 2 is 2.00 bits per heavy atom. The van der Waals surface area contributed by atoms with E-state index in [1.54, 1.807) is 6.92 Å². The third kappa shape index (κ3) is 3.45. The van der Waals surface area contributed by atoms with Crippen LogP contribution in [0.25, 0.3) is 0 Å². The Balaban J connectivity index is 3.17. The highest BCUT2D eigenvalue weighted by Crippen LogP contribution is 2.24. The van der Waals surface area contributed by atoms with Crippen LogP contribution in [0.3, 0.4) is 0 Å². The minimum atomic E-state index is -3.84. The lowest BCUT2D eigenvalue weighted by atomic mass is 10.1. The fraction of sp³-hybridized carbons (Fsp3) is 0.538. The maximum atomic E-state index is 13.8. The maximum absolute atomic E-state index is 13.8. The molecule has 0 bridgehead atoms. The average Bonchev–Trinajstić information content (AvgIpc) is 2.33. The highest BCUT2D eigenvalue weighted by molar-refractivity contribution is 7.89. The van der Waals surface area contributed by atoms with Crippen molar-refractivity contribution in [3.05, 3.63) is 23.5 Å². The number of hydrogen-bond donors (Lipinski definition) is 1. The summed E-state index contributed by atoms with van der Waals surface area (Å²) in [6.07, 6.45) is 0.860. The zero-order valence-corrected chi connectivity index (χ0v) is 12.6. The van der Waals surface area contributed by atoms with Gasteiger partial charge in [-0.3, -0.25) is 0 Å². The second kappa shape index (κ2) is 5.88. The van der Waals surface area contributed by atoms with Crippen LogP contribution in [0, 0.1) is 18.7 Å². The van der Waals surface area contributed by atoms with Gasteiger partial charge < -0.3 is 5.73 Å². The molecule has 2 N–H and O–H groups in total. The third-order valence-electron chi connectivity index (χ3n) is 3.27. The van der Waals surface area contributed by atoms with Gasteiger partial charge in [0, 0.05) is 19.3 Å². The van der Waals surface area contributed by atoms with E-state index in [0.717, 1.165) is 12.5 Å². The van der Waals surface area contributed by atoms with Gasteiger partial charge in [-0.05, 0) is 30.5 Å². The molecule has 0 fully saturated rings. The first-order valence-corrected chi connectivity index (χ1v) is 7.66. The number of anilines is 1. The van der Waals surface area contributed by atoms with Crippen molar-refractivity contribution < 1.29 is 12.8 Å². The van der Waals surface area contributed by atoms with Gasteiger partial charge in [-0.15, -0.1) is 0 Å². The van der Waals surface area contributed by atoms with Crippen LogP contribution < -0.4 is 5.73 Å². The number of nitrogens with two attached hydrogens (primary N) is 1. The van der Waals surface area contributed by atoms with Crippen molar-refractivity contribution in [2.75, 3.05) is 19.3 Å². The van der Waals surface area contributed by atoms with Crippen LogP contribution in [0.4, 0.5) is 10.1 Å². The van der Waals surface area contributed by atoms with Crippen LogP contribution in [0.5, 0.6) is 0 Å². The Kier molecular flexibility index (Phi) is 4.92. The number of benzene rings is 1. The van der Waals surface area contributed by atoms with Gasteiger partial charge in [-0.2, -0.15) is 0 Å². The summed E-state index contributed by atoms with van der Waals surface area (Å²) in [7, 11) is -2.38. The second-order valence-electron chi connectivity index (χ2n) is 4.94. The molecule has 1 aromatic rings. The maximum Gasteiger partial charge on any atom is 0.245 e. The predicted molar refractivity (Wildman–Crippen MR) is 74.8 cm³/mol. The van der Waals surface area contributed by atoms with Crippen LogP contribution in [0.2, 0.25) is 0 Å². The van der Waals surface area contributed by atoms with E-state index in [4.69, 9.17) is 5.73 Å². The topological polar surface area (TPSA) is 63.4 Å². The number of rotatable bonds is 5. The molecule has 0 saturated carbocycles. The lowest BCUT2D eigenvalue weighted by Gasteiger charge is -2.21. The Morgan fingerprint density at radius 3 is 2.53 bits per heavy atom. The predicted octanol–water partition coefficient (Wildman–Crippen LogP) is 2.38. The lowest BCUT2D eigenvalue weighted by Crippen LogP contribution is -2.31.